The largest absolute Gasteiger partial charge is 0.453 e. The quantitative estimate of drug-likeness (QED) is 0.152. The van der Waals surface area contributed by atoms with Gasteiger partial charge in [0.05, 0.1) is 78.3 Å². The van der Waals surface area contributed by atoms with E-state index in [0.29, 0.717) is 0 Å². The van der Waals surface area contributed by atoms with Gasteiger partial charge in [0.1, 0.15) is 5.69 Å². The molecular formula is C90H56N6O. The summed E-state index contributed by atoms with van der Waals surface area (Å²) in [6, 6.07) is 125. The number of anilines is 6. The van der Waals surface area contributed by atoms with Crippen molar-refractivity contribution in [1.29, 1.82) is 0 Å². The van der Waals surface area contributed by atoms with Crippen molar-refractivity contribution in [3.05, 3.63) is 340 Å². The maximum atomic E-state index is 7.68. The summed E-state index contributed by atoms with van der Waals surface area (Å²) in [5, 5.41) is 9.54. The molecule has 2 aliphatic heterocycles. The summed E-state index contributed by atoms with van der Waals surface area (Å²) in [6.45, 7) is 0. The summed E-state index contributed by atoms with van der Waals surface area (Å²) < 4.78 is 17.5. The van der Waals surface area contributed by atoms with Crippen molar-refractivity contribution < 1.29 is 4.74 Å². The van der Waals surface area contributed by atoms with Crippen molar-refractivity contribution in [2.45, 2.75) is 0 Å². The molecule has 0 unspecified atom stereocenters. The lowest BCUT2D eigenvalue weighted by molar-refractivity contribution is 0.477. The first kappa shape index (κ1) is 53.4. The molecule has 0 radical (unpaired) electrons. The summed E-state index contributed by atoms with van der Waals surface area (Å²) in [5.74, 6) is 1.51. The molecule has 2 aliphatic rings. The van der Waals surface area contributed by atoms with Crippen LogP contribution in [0, 0.1) is 0 Å². The van der Waals surface area contributed by atoms with Crippen LogP contribution < -0.4 is 14.5 Å². The number of fused-ring (bicyclic) bond motifs is 16. The highest BCUT2D eigenvalue weighted by atomic mass is 16.5. The van der Waals surface area contributed by atoms with Gasteiger partial charge in [-0.2, -0.15) is 0 Å². The summed E-state index contributed by atoms with van der Waals surface area (Å²) in [6.07, 6.45) is 0. The van der Waals surface area contributed by atoms with E-state index in [1.165, 1.54) is 43.1 Å². The van der Waals surface area contributed by atoms with Crippen LogP contribution in [0.15, 0.2) is 340 Å². The number of rotatable bonds is 8. The summed E-state index contributed by atoms with van der Waals surface area (Å²) in [5.41, 5.74) is 25.6. The van der Waals surface area contributed by atoms with Gasteiger partial charge in [-0.25, -0.2) is 0 Å². The van der Waals surface area contributed by atoms with Crippen molar-refractivity contribution >= 4 is 121 Å². The predicted molar refractivity (Wildman–Crippen MR) is 403 cm³/mol. The van der Waals surface area contributed by atoms with Gasteiger partial charge >= 0.3 is 0 Å². The predicted octanol–water partition coefficient (Wildman–Crippen LogP) is 24.4. The second kappa shape index (κ2) is 20.7. The van der Waals surface area contributed by atoms with Gasteiger partial charge in [-0.05, 0) is 114 Å². The second-order valence-electron chi connectivity index (χ2n) is 25.5. The molecule has 0 fully saturated rings. The zero-order chi connectivity index (χ0) is 63.4. The maximum absolute atomic E-state index is 7.68. The van der Waals surface area contributed by atoms with E-state index in [2.05, 4.69) is 368 Å². The minimum absolute atomic E-state index is 0.752. The van der Waals surface area contributed by atoms with Gasteiger partial charge in [0, 0.05) is 88.5 Å². The fraction of sp³-hybridized carbons (Fsp3) is 0. The Hall–Kier alpha value is -13.1. The fourth-order valence-electron chi connectivity index (χ4n) is 16.4. The Morgan fingerprint density at radius 2 is 0.567 bits per heavy atom. The van der Waals surface area contributed by atoms with Crippen LogP contribution in [0.5, 0.6) is 11.5 Å². The fourth-order valence-corrected chi connectivity index (χ4v) is 16.4. The Kier molecular flexibility index (Phi) is 11.4. The average Bonchev–Trinajstić information content (AvgIpc) is 1.21. The van der Waals surface area contributed by atoms with Gasteiger partial charge in [-0.15, -0.1) is 0 Å². The lowest BCUT2D eigenvalue weighted by Crippen LogP contribution is -2.27. The number of aromatic nitrogens is 4. The van der Waals surface area contributed by atoms with Crippen molar-refractivity contribution in [1.82, 2.24) is 18.3 Å². The first-order chi connectivity index (χ1) is 48.2. The van der Waals surface area contributed by atoms with Crippen LogP contribution in [-0.4, -0.2) is 18.3 Å². The minimum atomic E-state index is 0.752. The summed E-state index contributed by atoms with van der Waals surface area (Å²) >= 11 is 0. The highest BCUT2D eigenvalue weighted by Gasteiger charge is 2.41. The lowest BCUT2D eigenvalue weighted by atomic mass is 9.90. The molecule has 0 bridgehead atoms. The molecule has 0 atom stereocenters. The van der Waals surface area contributed by atoms with Crippen LogP contribution in [0.2, 0.25) is 0 Å². The Bertz CT molecular complexity index is 6210. The first-order valence-corrected chi connectivity index (χ1v) is 33.2. The van der Waals surface area contributed by atoms with Crippen molar-refractivity contribution in [3.63, 3.8) is 0 Å². The second-order valence-corrected chi connectivity index (χ2v) is 25.5. The normalized spacial score (nSPS) is 12.6. The van der Waals surface area contributed by atoms with E-state index < -0.39 is 0 Å². The van der Waals surface area contributed by atoms with E-state index in [4.69, 9.17) is 4.74 Å². The van der Waals surface area contributed by atoms with Gasteiger partial charge in [0.25, 0.3) is 0 Å². The minimum Gasteiger partial charge on any atom is -0.453 e. The van der Waals surface area contributed by atoms with Crippen LogP contribution in [0.4, 0.5) is 34.1 Å². The molecule has 0 aliphatic carbocycles. The number of para-hydroxylation sites is 11. The molecule has 452 valence electrons. The molecule has 0 saturated heterocycles. The Morgan fingerprint density at radius 1 is 0.196 bits per heavy atom. The number of hydrogen-bond acceptors (Lipinski definition) is 3. The van der Waals surface area contributed by atoms with Crippen LogP contribution >= 0.6 is 0 Å². The van der Waals surface area contributed by atoms with Gasteiger partial charge in [0.15, 0.2) is 11.5 Å². The highest BCUT2D eigenvalue weighted by molar-refractivity contribution is 6.21. The van der Waals surface area contributed by atoms with E-state index in [-0.39, 0.29) is 0 Å². The summed E-state index contributed by atoms with van der Waals surface area (Å²) in [7, 11) is 0. The van der Waals surface area contributed by atoms with E-state index in [9.17, 15) is 0 Å². The van der Waals surface area contributed by atoms with E-state index in [1.54, 1.807) is 0 Å². The molecule has 7 heteroatoms. The number of ether oxygens (including phenoxy) is 1. The topological polar surface area (TPSA) is 35.4 Å². The monoisotopic (exact) mass is 1240 g/mol. The Labute approximate surface area is 558 Å². The van der Waals surface area contributed by atoms with Gasteiger partial charge in [-0.1, -0.05) is 231 Å². The number of hydrogen-bond donors (Lipinski definition) is 0. The zero-order valence-corrected chi connectivity index (χ0v) is 52.4. The maximum Gasteiger partial charge on any atom is 0.154 e. The molecule has 15 aromatic carbocycles. The molecule has 21 rings (SSSR count). The van der Waals surface area contributed by atoms with Gasteiger partial charge in [0.2, 0.25) is 0 Å². The molecular weight excluding hydrogens is 1180 g/mol. The smallest absolute Gasteiger partial charge is 0.154 e. The number of nitrogens with zero attached hydrogens (tertiary/aromatic N) is 6. The van der Waals surface area contributed by atoms with E-state index >= 15 is 0 Å². The van der Waals surface area contributed by atoms with Gasteiger partial charge < -0.3 is 27.9 Å². The molecule has 7 nitrogen and oxygen atoms in total. The molecule has 0 N–H and O–H groups in total. The molecule has 97 heavy (non-hydrogen) atoms. The van der Waals surface area contributed by atoms with Crippen molar-refractivity contribution in [3.8, 4) is 67.6 Å². The molecule has 6 heterocycles. The molecule has 0 saturated carbocycles. The van der Waals surface area contributed by atoms with Crippen molar-refractivity contribution in [2.24, 2.45) is 0 Å². The van der Waals surface area contributed by atoms with E-state index in [1.807, 2.05) is 0 Å². The third-order valence-corrected chi connectivity index (χ3v) is 20.4. The van der Waals surface area contributed by atoms with E-state index in [0.717, 1.165) is 146 Å². The third-order valence-electron chi connectivity index (χ3n) is 20.4. The standard InChI is InChI=1S/C90H56N6O/c1-4-25-57(26-5-1)58-53-84-90-86(54-58)97-85-56-62(92-77-45-18-12-33-65(77)66-34-13-19-46-78(66)92)50-52-82(85)95(90)81-51-49-61(91-75-43-16-10-31-63(75)64-32-11-17-44-76(64)91)55-83(81)96(84)89-73(71-39-22-37-69-67-35-14-20-47-79(67)93(87(69)71)59-27-6-2-7-28-59)41-24-42-74(89)72-40-23-38-70-68-36-15-21-48-80(68)94(88(70)72)60-29-8-3-9-30-60/h1-56H. The Balaban J connectivity index is 0.921. The molecule has 0 spiro atoms. The SMILES string of the molecule is c1ccc(-c2cc3c4c(c2)N(c2c(-c5cccc6c7ccccc7n(-c7ccccc7)c56)cccc2-c2cccc5c6ccccc6n(-c6ccccc6)c25)c2cc(-n5c6ccccc6c6ccccc65)ccc2N4c2ccc(-n4c5ccccc5c5ccccc54)cc2O3)cc1. The van der Waals surface area contributed by atoms with Gasteiger partial charge in [-0.3, -0.25) is 4.90 Å². The van der Waals surface area contributed by atoms with Crippen LogP contribution in [0.1, 0.15) is 0 Å². The first-order valence-electron chi connectivity index (χ1n) is 33.2. The molecule has 4 aromatic heterocycles. The zero-order valence-electron chi connectivity index (χ0n) is 52.4. The molecule has 0 amide bonds. The Morgan fingerprint density at radius 3 is 1.05 bits per heavy atom. The third kappa shape index (κ3) is 7.73. The number of benzene rings is 15. The lowest BCUT2D eigenvalue weighted by Gasteiger charge is -2.44. The summed E-state index contributed by atoms with van der Waals surface area (Å²) in [4.78, 5) is 5.10. The average molecular weight is 1240 g/mol. The van der Waals surface area contributed by atoms with Crippen molar-refractivity contribution in [2.75, 3.05) is 9.80 Å². The van der Waals surface area contributed by atoms with Crippen LogP contribution in [0.3, 0.4) is 0 Å². The van der Waals surface area contributed by atoms with Crippen LogP contribution in [0.25, 0.3) is 143 Å². The highest BCUT2D eigenvalue weighted by Crippen LogP contribution is 2.65. The van der Waals surface area contributed by atoms with Crippen LogP contribution in [-0.2, 0) is 0 Å². The molecule has 19 aromatic rings.